The number of alkyl halides is 3. The summed E-state index contributed by atoms with van der Waals surface area (Å²) < 4.78 is 44.6. The van der Waals surface area contributed by atoms with E-state index in [0.29, 0.717) is 19.0 Å². The molecule has 1 saturated heterocycles. The van der Waals surface area contributed by atoms with Crippen molar-refractivity contribution in [2.45, 2.75) is 39.0 Å². The Labute approximate surface area is 142 Å². The van der Waals surface area contributed by atoms with Gasteiger partial charge in [-0.3, -0.25) is 15.1 Å². The molecule has 0 N–H and O–H groups in total. The van der Waals surface area contributed by atoms with Crippen LogP contribution in [0.5, 0.6) is 0 Å². The quantitative estimate of drug-likeness (QED) is 0.588. The number of hydrogen-bond donors (Lipinski definition) is 0. The standard InChI is InChI=1S/C15H18F3N3O4/c1-14(2,3)25-13(22)20-8-4-7-19(20)10-5-6-12(21(23)24)11(9-10)15(16,17)18/h5-6,9H,4,7-8H2,1-3H3. The molecule has 0 saturated carbocycles. The van der Waals surface area contributed by atoms with E-state index in [-0.39, 0.29) is 12.2 Å². The summed E-state index contributed by atoms with van der Waals surface area (Å²) in [5, 5.41) is 13.4. The number of carbonyl (C=O) groups excluding carboxylic acids is 1. The minimum absolute atomic E-state index is 0.0429. The summed E-state index contributed by atoms with van der Waals surface area (Å²) in [6, 6.07) is 2.67. The number of rotatable bonds is 2. The van der Waals surface area contributed by atoms with Crippen LogP contribution in [0.15, 0.2) is 18.2 Å². The van der Waals surface area contributed by atoms with E-state index in [1.165, 1.54) is 16.1 Å². The second-order valence-corrected chi connectivity index (χ2v) is 6.54. The number of nitro benzene ring substituents is 1. The lowest BCUT2D eigenvalue weighted by Crippen LogP contribution is -2.44. The fourth-order valence-electron chi connectivity index (χ4n) is 2.46. The molecule has 1 aliphatic rings. The van der Waals surface area contributed by atoms with E-state index in [4.69, 9.17) is 4.74 Å². The van der Waals surface area contributed by atoms with Gasteiger partial charge in [0.05, 0.1) is 10.6 Å². The van der Waals surface area contributed by atoms with Crippen molar-refractivity contribution in [3.05, 3.63) is 33.9 Å². The Bertz CT molecular complexity index is 686. The van der Waals surface area contributed by atoms with Crippen molar-refractivity contribution in [2.75, 3.05) is 18.1 Å². The van der Waals surface area contributed by atoms with Crippen LogP contribution in [0.3, 0.4) is 0 Å². The molecule has 1 aliphatic heterocycles. The molecule has 0 unspecified atom stereocenters. The fraction of sp³-hybridized carbons (Fsp3) is 0.533. The summed E-state index contributed by atoms with van der Waals surface area (Å²) in [6.07, 6.45) is -5.02. The Kier molecular flexibility index (Phi) is 4.83. The lowest BCUT2D eigenvalue weighted by atomic mass is 10.1. The third-order valence-electron chi connectivity index (χ3n) is 3.42. The van der Waals surface area contributed by atoms with Crippen molar-refractivity contribution in [3.8, 4) is 0 Å². The van der Waals surface area contributed by atoms with Crippen molar-refractivity contribution in [1.29, 1.82) is 0 Å². The average molecular weight is 361 g/mol. The van der Waals surface area contributed by atoms with Gasteiger partial charge in [-0.25, -0.2) is 9.80 Å². The first-order valence-electron chi connectivity index (χ1n) is 7.54. The molecule has 1 heterocycles. The first kappa shape index (κ1) is 18.8. The molecule has 0 spiro atoms. The van der Waals surface area contributed by atoms with E-state index < -0.39 is 34.0 Å². The Morgan fingerprint density at radius 2 is 1.88 bits per heavy atom. The number of benzene rings is 1. The van der Waals surface area contributed by atoms with Gasteiger partial charge in [0.2, 0.25) is 0 Å². The molecule has 0 radical (unpaired) electrons. The first-order valence-corrected chi connectivity index (χ1v) is 7.54. The first-order chi connectivity index (χ1) is 11.4. The van der Waals surface area contributed by atoms with Crippen molar-refractivity contribution in [1.82, 2.24) is 5.01 Å². The Hall–Kier alpha value is -2.52. The van der Waals surface area contributed by atoms with Gasteiger partial charge in [0.15, 0.2) is 0 Å². The molecule has 1 amide bonds. The van der Waals surface area contributed by atoms with Crippen LogP contribution >= 0.6 is 0 Å². The summed E-state index contributed by atoms with van der Waals surface area (Å²) in [5.41, 5.74) is -3.09. The summed E-state index contributed by atoms with van der Waals surface area (Å²) in [5.74, 6) is 0. The number of hydrogen-bond acceptors (Lipinski definition) is 5. The molecule has 7 nitrogen and oxygen atoms in total. The maximum atomic E-state index is 13.1. The van der Waals surface area contributed by atoms with E-state index in [0.717, 1.165) is 6.07 Å². The molecule has 138 valence electrons. The minimum Gasteiger partial charge on any atom is -0.442 e. The number of anilines is 1. The topological polar surface area (TPSA) is 75.9 Å². The molecule has 0 aliphatic carbocycles. The molecule has 0 atom stereocenters. The van der Waals surface area contributed by atoms with Gasteiger partial charge >= 0.3 is 12.3 Å². The summed E-state index contributed by atoms with van der Waals surface area (Å²) >= 11 is 0. The van der Waals surface area contributed by atoms with Crippen LogP contribution < -0.4 is 5.01 Å². The molecule has 1 fully saturated rings. The highest BCUT2D eigenvalue weighted by molar-refractivity contribution is 5.72. The molecule has 0 bridgehead atoms. The monoisotopic (exact) mass is 361 g/mol. The molecular formula is C15H18F3N3O4. The van der Waals surface area contributed by atoms with Crippen molar-refractivity contribution in [3.63, 3.8) is 0 Å². The van der Waals surface area contributed by atoms with Crippen molar-refractivity contribution < 1.29 is 27.6 Å². The van der Waals surface area contributed by atoms with E-state index in [1.54, 1.807) is 20.8 Å². The fourth-order valence-corrected chi connectivity index (χ4v) is 2.46. The van der Waals surface area contributed by atoms with Crippen LogP contribution in [0, 0.1) is 10.1 Å². The number of nitrogens with zero attached hydrogens (tertiary/aromatic N) is 3. The molecule has 25 heavy (non-hydrogen) atoms. The van der Waals surface area contributed by atoms with Gasteiger partial charge < -0.3 is 4.74 Å². The van der Waals surface area contributed by atoms with Crippen LogP contribution in [-0.4, -0.2) is 34.7 Å². The highest BCUT2D eigenvalue weighted by Gasteiger charge is 2.40. The van der Waals surface area contributed by atoms with Crippen LogP contribution in [0.4, 0.5) is 29.3 Å². The predicted molar refractivity (Wildman–Crippen MR) is 83.0 cm³/mol. The van der Waals surface area contributed by atoms with E-state index >= 15 is 0 Å². The number of nitro groups is 1. The molecule has 10 heteroatoms. The summed E-state index contributed by atoms with van der Waals surface area (Å²) in [4.78, 5) is 22.0. The van der Waals surface area contributed by atoms with E-state index in [9.17, 15) is 28.1 Å². The zero-order valence-corrected chi connectivity index (χ0v) is 14.0. The summed E-state index contributed by atoms with van der Waals surface area (Å²) in [6.45, 7) is 5.62. The van der Waals surface area contributed by atoms with E-state index in [1.807, 2.05) is 0 Å². The lowest BCUT2D eigenvalue weighted by Gasteiger charge is -2.32. The third kappa shape index (κ3) is 4.31. The van der Waals surface area contributed by atoms with Crippen LogP contribution in [0.25, 0.3) is 0 Å². The Morgan fingerprint density at radius 1 is 1.24 bits per heavy atom. The van der Waals surface area contributed by atoms with Crippen LogP contribution in [0.1, 0.15) is 32.8 Å². The maximum Gasteiger partial charge on any atom is 0.429 e. The maximum absolute atomic E-state index is 13.1. The number of carbonyl (C=O) groups is 1. The molecule has 0 aromatic heterocycles. The number of halogens is 3. The van der Waals surface area contributed by atoms with Gasteiger partial charge in [-0.05, 0) is 39.3 Å². The van der Waals surface area contributed by atoms with Crippen LogP contribution in [0.2, 0.25) is 0 Å². The normalized spacial score (nSPS) is 15.4. The zero-order chi connectivity index (χ0) is 19.0. The van der Waals surface area contributed by atoms with Crippen molar-refractivity contribution >= 4 is 17.5 Å². The van der Waals surface area contributed by atoms with E-state index in [2.05, 4.69) is 0 Å². The Morgan fingerprint density at radius 3 is 2.40 bits per heavy atom. The van der Waals surface area contributed by atoms with Crippen molar-refractivity contribution in [2.24, 2.45) is 0 Å². The molecule has 1 aromatic carbocycles. The average Bonchev–Trinajstić information content (AvgIpc) is 2.93. The largest absolute Gasteiger partial charge is 0.442 e. The highest BCUT2D eigenvalue weighted by Crippen LogP contribution is 2.39. The predicted octanol–water partition coefficient (Wildman–Crippen LogP) is 3.98. The van der Waals surface area contributed by atoms with Gasteiger partial charge in [0.25, 0.3) is 5.69 Å². The second-order valence-electron chi connectivity index (χ2n) is 6.54. The highest BCUT2D eigenvalue weighted by atomic mass is 19.4. The lowest BCUT2D eigenvalue weighted by molar-refractivity contribution is -0.388. The van der Waals surface area contributed by atoms with Gasteiger partial charge in [-0.2, -0.15) is 13.2 Å². The number of ether oxygens (including phenoxy) is 1. The summed E-state index contributed by atoms with van der Waals surface area (Å²) in [7, 11) is 0. The molecular weight excluding hydrogens is 343 g/mol. The minimum atomic E-state index is -4.88. The number of amides is 1. The zero-order valence-electron chi connectivity index (χ0n) is 14.0. The number of hydrazine groups is 1. The Balaban J connectivity index is 2.37. The van der Waals surface area contributed by atoms with Gasteiger partial charge in [0, 0.05) is 19.2 Å². The van der Waals surface area contributed by atoms with Gasteiger partial charge in [0.1, 0.15) is 11.2 Å². The van der Waals surface area contributed by atoms with Gasteiger partial charge in [-0.15, -0.1) is 0 Å². The molecule has 1 aromatic rings. The molecule has 2 rings (SSSR count). The smallest absolute Gasteiger partial charge is 0.429 e. The SMILES string of the molecule is CC(C)(C)OC(=O)N1CCCN1c1ccc([N+](=O)[O-])c(C(F)(F)F)c1. The van der Waals surface area contributed by atoms with Crippen LogP contribution in [-0.2, 0) is 10.9 Å². The second kappa shape index (κ2) is 6.41. The van der Waals surface area contributed by atoms with Gasteiger partial charge in [-0.1, -0.05) is 0 Å². The third-order valence-corrected chi connectivity index (χ3v) is 3.42.